The minimum atomic E-state index is 0.725. The molecule has 2 fully saturated rings. The van der Waals surface area contributed by atoms with E-state index in [2.05, 4.69) is 27.7 Å². The van der Waals surface area contributed by atoms with E-state index in [0.29, 0.717) is 0 Å². The Morgan fingerprint density at radius 2 is 2.12 bits per heavy atom. The minimum Gasteiger partial charge on any atom is -0.317 e. The maximum absolute atomic E-state index is 3.46. The van der Waals surface area contributed by atoms with Crippen LogP contribution in [0.25, 0.3) is 0 Å². The lowest BCUT2D eigenvalue weighted by Crippen LogP contribution is -2.42. The third kappa shape index (κ3) is 2.04. The number of hydrogen-bond donors (Lipinski definition) is 1. The van der Waals surface area contributed by atoms with Crippen LogP contribution in [0.3, 0.4) is 0 Å². The molecule has 1 N–H and O–H groups in total. The molecule has 1 aromatic heterocycles. The van der Waals surface area contributed by atoms with Gasteiger partial charge in [0.15, 0.2) is 0 Å². The molecule has 0 aromatic carbocycles. The van der Waals surface area contributed by atoms with Gasteiger partial charge in [0.1, 0.15) is 0 Å². The second-order valence-electron chi connectivity index (χ2n) is 4.89. The molecule has 3 heteroatoms. The number of nitrogens with zero attached hydrogens (tertiary/aromatic N) is 1. The number of piperidine rings is 1. The van der Waals surface area contributed by atoms with Gasteiger partial charge in [-0.25, -0.2) is 0 Å². The largest absolute Gasteiger partial charge is 0.317 e. The molecule has 1 atom stereocenters. The van der Waals surface area contributed by atoms with E-state index < -0.39 is 0 Å². The normalized spacial score (nSPS) is 28.6. The van der Waals surface area contributed by atoms with Crippen molar-refractivity contribution in [3.63, 3.8) is 0 Å². The van der Waals surface area contributed by atoms with E-state index >= 15 is 0 Å². The summed E-state index contributed by atoms with van der Waals surface area (Å²) in [5.41, 5.74) is 0. The van der Waals surface area contributed by atoms with Crippen molar-refractivity contribution in [2.75, 3.05) is 19.6 Å². The Labute approximate surface area is 102 Å². The van der Waals surface area contributed by atoms with Crippen LogP contribution in [0.5, 0.6) is 0 Å². The molecule has 88 valence electrons. The first-order chi connectivity index (χ1) is 7.95. The van der Waals surface area contributed by atoms with Gasteiger partial charge in [-0.05, 0) is 56.8 Å². The number of likely N-dealkylation sites (tertiary alicyclic amines) is 1. The van der Waals surface area contributed by atoms with Crippen LogP contribution in [0.1, 0.15) is 36.6 Å². The van der Waals surface area contributed by atoms with Crippen molar-refractivity contribution in [3.05, 3.63) is 22.4 Å². The lowest BCUT2D eigenvalue weighted by Gasteiger charge is -2.35. The SMILES string of the molecule is c1csc([C@H]2CCCN2C2CCNCC2)c1. The highest BCUT2D eigenvalue weighted by Gasteiger charge is 2.32. The molecule has 2 nitrogen and oxygen atoms in total. The summed E-state index contributed by atoms with van der Waals surface area (Å²) in [6.07, 6.45) is 5.42. The highest BCUT2D eigenvalue weighted by Crippen LogP contribution is 2.37. The molecular formula is C13H20N2S. The minimum absolute atomic E-state index is 0.725. The first-order valence-electron chi connectivity index (χ1n) is 6.45. The molecule has 0 saturated carbocycles. The topological polar surface area (TPSA) is 15.3 Å². The highest BCUT2D eigenvalue weighted by molar-refractivity contribution is 7.10. The van der Waals surface area contributed by atoms with Gasteiger partial charge in [-0.3, -0.25) is 4.90 Å². The van der Waals surface area contributed by atoms with Gasteiger partial charge in [0.25, 0.3) is 0 Å². The number of nitrogens with one attached hydrogen (secondary N) is 1. The van der Waals surface area contributed by atoms with Gasteiger partial charge in [-0.15, -0.1) is 11.3 Å². The van der Waals surface area contributed by atoms with Gasteiger partial charge in [0.05, 0.1) is 0 Å². The summed E-state index contributed by atoms with van der Waals surface area (Å²) in [7, 11) is 0. The zero-order chi connectivity index (χ0) is 10.8. The van der Waals surface area contributed by atoms with Crippen molar-refractivity contribution in [2.24, 2.45) is 0 Å². The van der Waals surface area contributed by atoms with Gasteiger partial charge in [-0.1, -0.05) is 6.07 Å². The predicted octanol–water partition coefficient (Wildman–Crippen LogP) is 2.64. The Morgan fingerprint density at radius 3 is 2.88 bits per heavy atom. The first kappa shape index (κ1) is 10.8. The third-order valence-corrected chi connectivity index (χ3v) is 4.92. The van der Waals surface area contributed by atoms with Gasteiger partial charge < -0.3 is 5.32 Å². The Kier molecular flexibility index (Phi) is 3.27. The Morgan fingerprint density at radius 1 is 1.25 bits per heavy atom. The number of hydrogen-bond acceptors (Lipinski definition) is 3. The van der Waals surface area contributed by atoms with Crippen LogP contribution >= 0.6 is 11.3 Å². The average molecular weight is 236 g/mol. The highest BCUT2D eigenvalue weighted by atomic mass is 32.1. The summed E-state index contributed by atoms with van der Waals surface area (Å²) < 4.78 is 0. The molecule has 0 spiro atoms. The van der Waals surface area contributed by atoms with Gasteiger partial charge in [0.2, 0.25) is 0 Å². The molecule has 0 radical (unpaired) electrons. The fraction of sp³-hybridized carbons (Fsp3) is 0.692. The van der Waals surface area contributed by atoms with Crippen molar-refractivity contribution in [1.29, 1.82) is 0 Å². The first-order valence-corrected chi connectivity index (χ1v) is 7.33. The van der Waals surface area contributed by atoms with Crippen LogP contribution < -0.4 is 5.32 Å². The quantitative estimate of drug-likeness (QED) is 0.849. The smallest absolute Gasteiger partial charge is 0.0444 e. The third-order valence-electron chi connectivity index (χ3n) is 3.94. The molecule has 2 saturated heterocycles. The summed E-state index contributed by atoms with van der Waals surface area (Å²) in [4.78, 5) is 4.35. The van der Waals surface area contributed by atoms with Gasteiger partial charge >= 0.3 is 0 Å². The number of thiophene rings is 1. The lowest BCUT2D eigenvalue weighted by molar-refractivity contribution is 0.150. The molecular weight excluding hydrogens is 216 g/mol. The van der Waals surface area contributed by atoms with E-state index in [1.165, 1.54) is 45.3 Å². The van der Waals surface area contributed by atoms with Crippen LogP contribution in [-0.4, -0.2) is 30.6 Å². The Hall–Kier alpha value is -0.380. The molecule has 1 aromatic rings. The van der Waals surface area contributed by atoms with Crippen molar-refractivity contribution >= 4 is 11.3 Å². The van der Waals surface area contributed by atoms with E-state index in [9.17, 15) is 0 Å². The van der Waals surface area contributed by atoms with Crippen LogP contribution in [0, 0.1) is 0 Å². The van der Waals surface area contributed by atoms with Crippen molar-refractivity contribution in [3.8, 4) is 0 Å². The lowest BCUT2D eigenvalue weighted by atomic mass is 10.0. The monoisotopic (exact) mass is 236 g/mol. The second-order valence-corrected chi connectivity index (χ2v) is 5.87. The van der Waals surface area contributed by atoms with E-state index in [0.717, 1.165) is 12.1 Å². The summed E-state index contributed by atoms with van der Waals surface area (Å²) in [5, 5.41) is 5.68. The zero-order valence-corrected chi connectivity index (χ0v) is 10.5. The molecule has 2 aliphatic rings. The second kappa shape index (κ2) is 4.86. The van der Waals surface area contributed by atoms with Crippen molar-refractivity contribution in [2.45, 2.75) is 37.8 Å². The molecule has 3 rings (SSSR count). The standard InChI is InChI=1S/C13H20N2S/c1-3-12(13-4-2-10-16-13)15(9-1)11-5-7-14-8-6-11/h2,4,10-12,14H,1,3,5-9H2/t12-/m1/s1. The summed E-state index contributed by atoms with van der Waals surface area (Å²) in [5.74, 6) is 0. The van der Waals surface area contributed by atoms with Crippen molar-refractivity contribution < 1.29 is 0 Å². The van der Waals surface area contributed by atoms with Gasteiger partial charge in [0, 0.05) is 17.0 Å². The van der Waals surface area contributed by atoms with Gasteiger partial charge in [-0.2, -0.15) is 0 Å². The summed E-state index contributed by atoms with van der Waals surface area (Å²) in [6.45, 7) is 3.73. The number of rotatable bonds is 2. The van der Waals surface area contributed by atoms with Crippen LogP contribution in [0.2, 0.25) is 0 Å². The zero-order valence-electron chi connectivity index (χ0n) is 9.69. The van der Waals surface area contributed by atoms with E-state index in [1.807, 2.05) is 11.3 Å². The van der Waals surface area contributed by atoms with Crippen LogP contribution in [0.15, 0.2) is 17.5 Å². The maximum atomic E-state index is 3.46. The Balaban J connectivity index is 1.73. The molecule has 0 bridgehead atoms. The van der Waals surface area contributed by atoms with Crippen LogP contribution in [0.4, 0.5) is 0 Å². The summed E-state index contributed by atoms with van der Waals surface area (Å²) >= 11 is 1.93. The fourth-order valence-corrected chi connectivity index (χ4v) is 4.03. The molecule has 16 heavy (non-hydrogen) atoms. The van der Waals surface area contributed by atoms with Crippen LogP contribution in [-0.2, 0) is 0 Å². The van der Waals surface area contributed by atoms with Crippen molar-refractivity contribution in [1.82, 2.24) is 10.2 Å². The van der Waals surface area contributed by atoms with E-state index in [-0.39, 0.29) is 0 Å². The molecule has 0 unspecified atom stereocenters. The molecule has 3 heterocycles. The van der Waals surface area contributed by atoms with E-state index in [1.54, 1.807) is 4.88 Å². The Bertz CT molecular complexity index is 317. The van der Waals surface area contributed by atoms with E-state index in [4.69, 9.17) is 0 Å². The maximum Gasteiger partial charge on any atom is 0.0444 e. The molecule has 0 amide bonds. The summed E-state index contributed by atoms with van der Waals surface area (Å²) in [6, 6.07) is 6.06. The predicted molar refractivity (Wildman–Crippen MR) is 68.9 cm³/mol. The molecule has 0 aliphatic carbocycles. The average Bonchev–Trinajstić information content (AvgIpc) is 3.01. The fourth-order valence-electron chi connectivity index (χ4n) is 3.15. The molecule has 2 aliphatic heterocycles.